The van der Waals surface area contributed by atoms with Crippen LogP contribution in [0.3, 0.4) is 0 Å². The molecule has 0 amide bonds. The van der Waals surface area contributed by atoms with Crippen LogP contribution in [0.1, 0.15) is 0 Å². The number of hydrogen-bond acceptors (Lipinski definition) is 10. The summed E-state index contributed by atoms with van der Waals surface area (Å²) in [5.74, 6) is 3.65. The van der Waals surface area contributed by atoms with E-state index >= 15 is 0 Å². The van der Waals surface area contributed by atoms with Crippen molar-refractivity contribution in [1.82, 2.24) is 39.9 Å². The number of hydrogen-bond donors (Lipinski definition) is 0. The van der Waals surface area contributed by atoms with Crippen molar-refractivity contribution in [2.75, 3.05) is 0 Å². The maximum Gasteiger partial charge on any atom is 0.164 e. The van der Waals surface area contributed by atoms with Gasteiger partial charge < -0.3 is 8.83 Å². The number of aromatic nitrogens is 8. The maximum absolute atomic E-state index is 6.85. The van der Waals surface area contributed by atoms with Crippen molar-refractivity contribution in [3.05, 3.63) is 437 Å². The Labute approximate surface area is 766 Å². The molecule has 0 spiro atoms. The molecule has 0 fully saturated rings. The predicted molar refractivity (Wildman–Crippen MR) is 554 cm³/mol. The van der Waals surface area contributed by atoms with Crippen LogP contribution >= 0.6 is 0 Å². The Morgan fingerprint density at radius 1 is 0.134 bits per heavy atom. The average Bonchev–Trinajstić information content (AvgIpc) is 1.42. The monoisotopic (exact) mass is 1700 g/mol. The number of furan rings is 2. The second-order valence-corrected chi connectivity index (χ2v) is 34.6. The molecule has 134 heavy (non-hydrogen) atoms. The third kappa shape index (κ3) is 12.6. The lowest BCUT2D eigenvalue weighted by Crippen LogP contribution is -2.00. The van der Waals surface area contributed by atoms with Crippen molar-refractivity contribution in [3.8, 4) is 113 Å². The zero-order valence-corrected chi connectivity index (χ0v) is 72.0. The first-order valence-electron chi connectivity index (χ1n) is 45.2. The second kappa shape index (κ2) is 30.8. The lowest BCUT2D eigenvalue weighted by atomic mass is 9.88. The van der Waals surface area contributed by atoms with Crippen LogP contribution in [0.4, 0.5) is 0 Å². The fraction of sp³-hybridized carbons (Fsp3) is 0. The van der Waals surface area contributed by atoms with Gasteiger partial charge in [-0.1, -0.05) is 364 Å². The fourth-order valence-electron chi connectivity index (χ4n) is 20.7. The smallest absolute Gasteiger partial charge is 0.164 e. The van der Waals surface area contributed by atoms with Crippen molar-refractivity contribution in [2.45, 2.75) is 0 Å². The fourth-order valence-corrected chi connectivity index (χ4v) is 20.7. The Morgan fingerprint density at radius 3 is 0.791 bits per heavy atom. The summed E-state index contributed by atoms with van der Waals surface area (Å²) in [6.07, 6.45) is 0. The van der Waals surface area contributed by atoms with Crippen LogP contribution in [0.5, 0.6) is 0 Å². The molecule has 22 aromatic carbocycles. The van der Waals surface area contributed by atoms with E-state index in [4.69, 9.17) is 48.7 Å². The lowest BCUT2D eigenvalue weighted by Gasteiger charge is -2.17. The molecule has 6 heterocycles. The average molecular weight is 1710 g/mol. The van der Waals surface area contributed by atoms with Gasteiger partial charge in [0.15, 0.2) is 34.9 Å². The second-order valence-electron chi connectivity index (χ2n) is 34.6. The Bertz CT molecular complexity index is 9590. The summed E-state index contributed by atoms with van der Waals surface area (Å²) in [7, 11) is 0. The molecule has 6 aromatic heterocycles. The number of para-hydroxylation sites is 4. The normalized spacial score (nSPS) is 11.9. The number of rotatable bonds is 10. The van der Waals surface area contributed by atoms with Gasteiger partial charge in [-0.2, -0.15) is 0 Å². The van der Waals surface area contributed by atoms with Gasteiger partial charge in [0, 0.05) is 109 Å². The highest BCUT2D eigenvalue weighted by atomic mass is 16.3. The zero-order valence-electron chi connectivity index (χ0n) is 72.0. The van der Waals surface area contributed by atoms with Crippen molar-refractivity contribution >= 4 is 173 Å². The molecule has 0 unspecified atom stereocenters. The van der Waals surface area contributed by atoms with E-state index in [1.807, 2.05) is 72.8 Å². The number of pyridine rings is 2. The highest BCUT2D eigenvalue weighted by Crippen LogP contribution is 2.52. The molecule has 28 aromatic rings. The molecule has 0 atom stereocenters. The van der Waals surface area contributed by atoms with Gasteiger partial charge in [-0.3, -0.25) is 0 Å². The molecule has 0 N–H and O–H groups in total. The van der Waals surface area contributed by atoms with E-state index in [1.165, 1.54) is 64.6 Å². The quantitative estimate of drug-likeness (QED) is 0.122. The molecule has 0 aliphatic carbocycles. The van der Waals surface area contributed by atoms with Crippen LogP contribution in [-0.4, -0.2) is 39.9 Å². The minimum Gasteiger partial charge on any atom is -0.456 e. The van der Waals surface area contributed by atoms with Crippen LogP contribution in [0.15, 0.2) is 446 Å². The molecule has 0 bridgehead atoms. The number of benzene rings is 22. The van der Waals surface area contributed by atoms with Crippen LogP contribution in [-0.2, 0) is 0 Å². The van der Waals surface area contributed by atoms with Crippen LogP contribution < -0.4 is 0 Å². The SMILES string of the molecule is c1cc(-c2nc(-c3ccc4ccccc4c3)nc(-c3ccc4ccccc4c3)n2)cc(-c2c3c(cc4c(-c5ccc6c7ccccc7c7ccccc7c6c5)nc5ccccc5c24)oc2ccccc23)c1.c1ccc(-c2nc(-c3ccccc3)nc(-c3cccc(-c4c5c(cc6c(-c7ccc8c9ccccc9c9ccccc9c8c7)nc7ccccc7c46)oc4ccccc45)c3)n2)cc1. The molecule has 0 saturated carbocycles. The first-order chi connectivity index (χ1) is 66.4. The molecular formula is C124H72N8O2. The predicted octanol–water partition coefficient (Wildman–Crippen LogP) is 32.8. The molecule has 0 radical (unpaired) electrons. The molecule has 10 nitrogen and oxygen atoms in total. The number of fused-ring (bicyclic) bond motifs is 26. The Balaban J connectivity index is 0.000000137. The standard InChI is InChI=1S/C66H38N4O.C58H34N4O/c1-3-16-41-34-46(30-28-39(41)14-1)65-68-64(69-66(70-65)47-31-29-40-15-2-4-17-42(40)35-47)45-19-13-18-43(36-45)60-61-53-24-9-11-26-57(53)67-63(56(61)38-59-62(60)54-25-10-12-27-58(54)71-59)44-32-33-52-50-22-6-5-20-48(50)49-21-7-8-23-51(49)55(52)37-44;1-3-16-35(17-4-1)56-60-57(36-18-5-2-6-19-36)62-58(61-56)39-21-15-20-37(32-39)52-53-45-26-11-13-28-49(45)59-55(48(53)34-51-54(52)46-27-12-14-29-50(46)63-51)38-30-31-44-42-24-8-7-22-40(42)41-23-9-10-25-43(41)47(44)33-38/h1-38H;1-34H. The van der Waals surface area contributed by atoms with E-state index in [1.54, 1.807) is 0 Å². The highest BCUT2D eigenvalue weighted by Gasteiger charge is 2.28. The Morgan fingerprint density at radius 2 is 0.410 bits per heavy atom. The molecular weight excluding hydrogens is 1630 g/mol. The van der Waals surface area contributed by atoms with Gasteiger partial charge in [0.1, 0.15) is 22.3 Å². The molecule has 0 saturated heterocycles. The largest absolute Gasteiger partial charge is 0.456 e. The molecule has 0 aliphatic rings. The van der Waals surface area contributed by atoms with E-state index < -0.39 is 0 Å². The molecule has 620 valence electrons. The van der Waals surface area contributed by atoms with Gasteiger partial charge in [0.25, 0.3) is 0 Å². The van der Waals surface area contributed by atoms with E-state index in [0.717, 1.165) is 187 Å². The van der Waals surface area contributed by atoms with Crippen molar-refractivity contribution < 1.29 is 8.83 Å². The van der Waals surface area contributed by atoms with Crippen molar-refractivity contribution in [2.24, 2.45) is 0 Å². The third-order valence-corrected chi connectivity index (χ3v) is 26.9. The molecule has 28 rings (SSSR count). The van der Waals surface area contributed by atoms with Gasteiger partial charge in [0.2, 0.25) is 0 Å². The lowest BCUT2D eigenvalue weighted by molar-refractivity contribution is 0.669. The minimum absolute atomic E-state index is 0.588. The zero-order chi connectivity index (χ0) is 88.0. The number of nitrogens with zero attached hydrogens (tertiary/aromatic N) is 8. The summed E-state index contributed by atoms with van der Waals surface area (Å²) >= 11 is 0. The van der Waals surface area contributed by atoms with Gasteiger partial charge >= 0.3 is 0 Å². The van der Waals surface area contributed by atoms with Crippen LogP contribution in [0.2, 0.25) is 0 Å². The first-order valence-corrected chi connectivity index (χ1v) is 45.2. The summed E-state index contributed by atoms with van der Waals surface area (Å²) in [6.45, 7) is 0. The summed E-state index contributed by atoms with van der Waals surface area (Å²) in [6, 6.07) is 154. The van der Waals surface area contributed by atoms with E-state index in [-0.39, 0.29) is 0 Å². The summed E-state index contributed by atoms with van der Waals surface area (Å²) < 4.78 is 13.6. The van der Waals surface area contributed by atoms with E-state index in [0.29, 0.717) is 34.9 Å². The van der Waals surface area contributed by atoms with Crippen molar-refractivity contribution in [1.29, 1.82) is 0 Å². The van der Waals surface area contributed by atoms with Crippen LogP contribution in [0.25, 0.3) is 287 Å². The summed E-state index contributed by atoms with van der Waals surface area (Å²) in [5, 5.41) is 29.9. The Hall–Kier alpha value is -18.1. The van der Waals surface area contributed by atoms with Gasteiger partial charge in [-0.15, -0.1) is 0 Å². The third-order valence-electron chi connectivity index (χ3n) is 26.9. The first kappa shape index (κ1) is 76.0. The summed E-state index contributed by atoms with van der Waals surface area (Å²) in [4.78, 5) is 42.0. The topological polar surface area (TPSA) is 129 Å². The van der Waals surface area contributed by atoms with Gasteiger partial charge in [-0.05, 0) is 170 Å². The maximum atomic E-state index is 6.85. The highest BCUT2D eigenvalue weighted by molar-refractivity contribution is 6.32. The molecule has 10 heteroatoms. The van der Waals surface area contributed by atoms with Crippen LogP contribution in [0, 0.1) is 0 Å². The van der Waals surface area contributed by atoms with E-state index in [9.17, 15) is 0 Å². The van der Waals surface area contributed by atoms with E-state index in [2.05, 4.69) is 364 Å². The van der Waals surface area contributed by atoms with Gasteiger partial charge in [-0.25, -0.2) is 39.9 Å². The van der Waals surface area contributed by atoms with Gasteiger partial charge in [0.05, 0.1) is 22.4 Å². The van der Waals surface area contributed by atoms with Crippen molar-refractivity contribution in [3.63, 3.8) is 0 Å². The summed E-state index contributed by atoms with van der Waals surface area (Å²) in [5.41, 5.74) is 18.6. The minimum atomic E-state index is 0.588. The Kier molecular flexibility index (Phi) is 17.5. The molecule has 0 aliphatic heterocycles.